The minimum atomic E-state index is -3.57. The molecule has 1 heterocycles. The summed E-state index contributed by atoms with van der Waals surface area (Å²) in [5.74, 6) is -0.740. The molecule has 0 saturated heterocycles. The van der Waals surface area contributed by atoms with E-state index in [0.717, 1.165) is 18.9 Å². The first kappa shape index (κ1) is 11.2. The van der Waals surface area contributed by atoms with Crippen LogP contribution in [0.1, 0.15) is 23.3 Å². The lowest BCUT2D eigenvalue weighted by atomic mass is 10.4. The number of carboxylic acid groups (broad SMARTS) is 1. The molecule has 16 heavy (non-hydrogen) atoms. The molecule has 1 aromatic heterocycles. The first-order valence-electron chi connectivity index (χ1n) is 4.90. The van der Waals surface area contributed by atoms with Gasteiger partial charge in [-0.15, -0.1) is 0 Å². The third-order valence-corrected chi connectivity index (χ3v) is 3.86. The zero-order valence-corrected chi connectivity index (χ0v) is 9.25. The third-order valence-electron chi connectivity index (χ3n) is 2.46. The van der Waals surface area contributed by atoms with Crippen molar-refractivity contribution in [2.24, 2.45) is 5.92 Å². The Hall–Kier alpha value is -1.34. The van der Waals surface area contributed by atoms with E-state index >= 15 is 0 Å². The van der Waals surface area contributed by atoms with Crippen molar-refractivity contribution in [2.45, 2.75) is 17.7 Å². The molecule has 1 aliphatic rings. The van der Waals surface area contributed by atoms with Gasteiger partial charge in [-0.05, 0) is 24.8 Å². The number of hydrogen-bond donors (Lipinski definition) is 3. The van der Waals surface area contributed by atoms with Gasteiger partial charge in [-0.25, -0.2) is 17.9 Å². The Morgan fingerprint density at radius 1 is 1.56 bits per heavy atom. The molecule has 0 radical (unpaired) electrons. The summed E-state index contributed by atoms with van der Waals surface area (Å²) in [5, 5.41) is 8.65. The van der Waals surface area contributed by atoms with Crippen LogP contribution in [0.4, 0.5) is 0 Å². The quantitative estimate of drug-likeness (QED) is 0.698. The normalized spacial score (nSPS) is 16.2. The molecule has 6 nitrogen and oxygen atoms in total. The number of hydrogen-bond acceptors (Lipinski definition) is 3. The highest BCUT2D eigenvalue weighted by Crippen LogP contribution is 2.28. The lowest BCUT2D eigenvalue weighted by Crippen LogP contribution is -2.25. The second kappa shape index (κ2) is 3.91. The second-order valence-corrected chi connectivity index (χ2v) is 5.62. The van der Waals surface area contributed by atoms with E-state index in [1.165, 1.54) is 6.20 Å². The Labute approximate surface area is 92.7 Å². The van der Waals surface area contributed by atoms with E-state index in [4.69, 9.17) is 5.11 Å². The fraction of sp³-hybridized carbons (Fsp3) is 0.444. The molecule has 1 aliphatic carbocycles. The van der Waals surface area contributed by atoms with Crippen LogP contribution in [0.3, 0.4) is 0 Å². The summed E-state index contributed by atoms with van der Waals surface area (Å²) in [7, 11) is -3.57. The van der Waals surface area contributed by atoms with Crippen LogP contribution < -0.4 is 4.72 Å². The van der Waals surface area contributed by atoms with Gasteiger partial charge in [0.15, 0.2) is 0 Å². The van der Waals surface area contributed by atoms with Crippen LogP contribution in [0.5, 0.6) is 0 Å². The maximum absolute atomic E-state index is 11.7. The van der Waals surface area contributed by atoms with Crippen LogP contribution >= 0.6 is 0 Å². The number of carboxylic acids is 1. The predicted octanol–water partition coefficient (Wildman–Crippen LogP) is 0.401. The molecule has 0 spiro atoms. The first-order chi connectivity index (χ1) is 7.49. The number of aromatic amines is 1. The number of nitrogens with one attached hydrogen (secondary N) is 2. The lowest BCUT2D eigenvalue weighted by molar-refractivity contribution is 0.0691. The molecule has 0 aliphatic heterocycles. The lowest BCUT2D eigenvalue weighted by Gasteiger charge is -2.02. The molecule has 0 aromatic carbocycles. The summed E-state index contributed by atoms with van der Waals surface area (Å²) in [6.45, 7) is 0.427. The van der Waals surface area contributed by atoms with E-state index < -0.39 is 16.0 Å². The van der Waals surface area contributed by atoms with E-state index in [2.05, 4.69) is 9.71 Å². The van der Waals surface area contributed by atoms with Crippen molar-refractivity contribution >= 4 is 16.0 Å². The zero-order valence-electron chi connectivity index (χ0n) is 8.43. The summed E-state index contributed by atoms with van der Waals surface area (Å²) in [6, 6.07) is 1.11. The topological polar surface area (TPSA) is 99.3 Å². The Morgan fingerprint density at radius 2 is 2.25 bits per heavy atom. The average Bonchev–Trinajstić information content (AvgIpc) is 2.89. The van der Waals surface area contributed by atoms with Gasteiger partial charge in [-0.1, -0.05) is 0 Å². The van der Waals surface area contributed by atoms with Gasteiger partial charge < -0.3 is 10.1 Å². The molecule has 1 aromatic rings. The van der Waals surface area contributed by atoms with Crippen molar-refractivity contribution in [3.63, 3.8) is 0 Å². The molecule has 0 atom stereocenters. The zero-order chi connectivity index (χ0) is 11.8. The van der Waals surface area contributed by atoms with Gasteiger partial charge in [0.25, 0.3) is 0 Å². The van der Waals surface area contributed by atoms with Crippen molar-refractivity contribution < 1.29 is 18.3 Å². The molecule has 2 rings (SSSR count). The van der Waals surface area contributed by atoms with Crippen molar-refractivity contribution in [3.8, 4) is 0 Å². The molecule has 88 valence electrons. The molecular formula is C9H12N2O4S. The highest BCUT2D eigenvalue weighted by Gasteiger charge is 2.25. The SMILES string of the molecule is O=C(O)c1cc(S(=O)(=O)NCC2CC2)c[nH]1. The monoisotopic (exact) mass is 244 g/mol. The summed E-state index contributed by atoms with van der Waals surface area (Å²) in [6.07, 6.45) is 3.28. The molecule has 0 amide bonds. The molecule has 7 heteroatoms. The minimum Gasteiger partial charge on any atom is -0.477 e. The van der Waals surface area contributed by atoms with Gasteiger partial charge in [0.1, 0.15) is 10.6 Å². The van der Waals surface area contributed by atoms with Crippen molar-refractivity contribution in [2.75, 3.05) is 6.54 Å². The minimum absolute atomic E-state index is 0.0365. The third kappa shape index (κ3) is 2.42. The maximum atomic E-state index is 11.7. The number of H-pyrrole nitrogens is 1. The van der Waals surface area contributed by atoms with E-state index in [9.17, 15) is 13.2 Å². The van der Waals surface area contributed by atoms with Crippen LogP contribution in [0, 0.1) is 5.92 Å². The number of carbonyl (C=O) groups is 1. The number of rotatable bonds is 5. The Bertz CT molecular complexity index is 501. The molecule has 1 fully saturated rings. The average molecular weight is 244 g/mol. The number of aromatic carboxylic acids is 1. The summed E-state index contributed by atoms with van der Waals surface area (Å²) in [5.41, 5.74) is -0.133. The van der Waals surface area contributed by atoms with E-state index in [0.29, 0.717) is 12.5 Å². The predicted molar refractivity (Wildman–Crippen MR) is 55.7 cm³/mol. The summed E-state index contributed by atoms with van der Waals surface area (Å²) < 4.78 is 25.8. The molecule has 0 bridgehead atoms. The van der Waals surface area contributed by atoms with Crippen LogP contribution in [0.2, 0.25) is 0 Å². The van der Waals surface area contributed by atoms with Crippen LogP contribution in [-0.2, 0) is 10.0 Å². The van der Waals surface area contributed by atoms with Gasteiger partial charge >= 0.3 is 5.97 Å². The Kier molecular flexibility index (Phi) is 2.73. The van der Waals surface area contributed by atoms with E-state index in [1.807, 2.05) is 0 Å². The highest BCUT2D eigenvalue weighted by molar-refractivity contribution is 7.89. The van der Waals surface area contributed by atoms with Gasteiger partial charge in [0, 0.05) is 12.7 Å². The fourth-order valence-corrected chi connectivity index (χ4v) is 2.39. The second-order valence-electron chi connectivity index (χ2n) is 3.85. The summed E-state index contributed by atoms with van der Waals surface area (Å²) in [4.78, 5) is 12.9. The molecule has 0 unspecified atom stereocenters. The molecular weight excluding hydrogens is 232 g/mol. The van der Waals surface area contributed by atoms with Crippen molar-refractivity contribution in [1.82, 2.24) is 9.71 Å². The number of sulfonamides is 1. The van der Waals surface area contributed by atoms with Crippen LogP contribution in [0.15, 0.2) is 17.2 Å². The number of aromatic nitrogens is 1. The smallest absolute Gasteiger partial charge is 0.352 e. The first-order valence-corrected chi connectivity index (χ1v) is 6.39. The van der Waals surface area contributed by atoms with Crippen molar-refractivity contribution in [3.05, 3.63) is 18.0 Å². The highest BCUT2D eigenvalue weighted by atomic mass is 32.2. The van der Waals surface area contributed by atoms with Gasteiger partial charge in [0.2, 0.25) is 10.0 Å². The maximum Gasteiger partial charge on any atom is 0.352 e. The molecule has 3 N–H and O–H groups in total. The molecule has 1 saturated carbocycles. The van der Waals surface area contributed by atoms with E-state index in [1.54, 1.807) is 0 Å². The van der Waals surface area contributed by atoms with Crippen molar-refractivity contribution in [1.29, 1.82) is 0 Å². The standard InChI is InChI=1S/C9H12N2O4S/c12-9(13)8-3-7(5-10-8)16(14,15)11-4-6-1-2-6/h3,5-6,10-11H,1-2,4H2,(H,12,13). The van der Waals surface area contributed by atoms with Gasteiger partial charge in [-0.2, -0.15) is 0 Å². The van der Waals surface area contributed by atoms with Crippen LogP contribution in [0.25, 0.3) is 0 Å². The Balaban J connectivity index is 2.10. The Morgan fingerprint density at radius 3 is 2.75 bits per heavy atom. The fourth-order valence-electron chi connectivity index (χ4n) is 1.29. The van der Waals surface area contributed by atoms with Gasteiger partial charge in [0.05, 0.1) is 0 Å². The van der Waals surface area contributed by atoms with E-state index in [-0.39, 0.29) is 10.6 Å². The van der Waals surface area contributed by atoms with Crippen LogP contribution in [-0.4, -0.2) is 31.0 Å². The summed E-state index contributed by atoms with van der Waals surface area (Å²) >= 11 is 0. The largest absolute Gasteiger partial charge is 0.477 e. The van der Waals surface area contributed by atoms with Gasteiger partial charge in [-0.3, -0.25) is 0 Å².